The van der Waals surface area contributed by atoms with Crippen LogP contribution >= 0.6 is 0 Å². The van der Waals surface area contributed by atoms with Gasteiger partial charge in [-0.25, -0.2) is 10.2 Å². The van der Waals surface area contributed by atoms with E-state index in [2.05, 4.69) is 17.6 Å². The number of primary amides is 1. The Bertz CT molecular complexity index is 810. The molecule has 1 heterocycles. The Labute approximate surface area is 172 Å². The van der Waals surface area contributed by atoms with Gasteiger partial charge in [-0.15, -0.1) is 0 Å². The Balaban J connectivity index is 1.70. The average Bonchev–Trinajstić information content (AvgIpc) is 2.74. The van der Waals surface area contributed by atoms with Crippen molar-refractivity contribution in [1.29, 1.82) is 0 Å². The van der Waals surface area contributed by atoms with Gasteiger partial charge in [0.05, 0.1) is 30.9 Å². The molecule has 154 valence electrons. The molecule has 1 aliphatic heterocycles. The summed E-state index contributed by atoms with van der Waals surface area (Å²) in [5.41, 5.74) is 10.4. The summed E-state index contributed by atoms with van der Waals surface area (Å²) in [4.78, 5) is 12.6. The number of rotatable bonds is 7. The van der Waals surface area contributed by atoms with E-state index in [9.17, 15) is 9.90 Å². The molecular formula is C23H31N4O2+. The third kappa shape index (κ3) is 5.89. The summed E-state index contributed by atoms with van der Waals surface area (Å²) in [6.45, 7) is 0. The molecule has 4 atom stereocenters. The molecular weight excluding hydrogens is 364 g/mol. The molecule has 2 aromatic rings. The first-order valence-electron chi connectivity index (χ1n) is 10.3. The van der Waals surface area contributed by atoms with Crippen LogP contribution in [0.2, 0.25) is 0 Å². The van der Waals surface area contributed by atoms with Gasteiger partial charge < -0.3 is 15.7 Å². The van der Waals surface area contributed by atoms with E-state index in [-0.39, 0.29) is 0 Å². The lowest BCUT2D eigenvalue weighted by Crippen LogP contribution is -3.17. The lowest BCUT2D eigenvalue weighted by molar-refractivity contribution is -0.936. The second-order valence-corrected chi connectivity index (χ2v) is 7.84. The Morgan fingerprint density at radius 3 is 2.41 bits per heavy atom. The minimum absolute atomic E-state index is 0.366. The van der Waals surface area contributed by atoms with Crippen LogP contribution in [0.15, 0.2) is 65.8 Å². The highest BCUT2D eigenvalue weighted by Crippen LogP contribution is 2.22. The van der Waals surface area contributed by atoms with Crippen LogP contribution in [0.25, 0.3) is 0 Å². The number of aliphatic hydroxyl groups excluding tert-OH is 1. The van der Waals surface area contributed by atoms with E-state index in [0.717, 1.165) is 48.9 Å². The van der Waals surface area contributed by atoms with Gasteiger partial charge in [-0.3, -0.25) is 0 Å². The molecule has 3 rings (SSSR count). The van der Waals surface area contributed by atoms with Crippen LogP contribution in [0.5, 0.6) is 0 Å². The number of amides is 2. The van der Waals surface area contributed by atoms with Gasteiger partial charge in [0.2, 0.25) is 0 Å². The topological polar surface area (TPSA) is 92.1 Å². The van der Waals surface area contributed by atoms with Gasteiger partial charge >= 0.3 is 6.03 Å². The second-order valence-electron chi connectivity index (χ2n) is 7.84. The number of hydrogen-bond acceptors (Lipinski definition) is 3. The number of aliphatic hydroxyl groups is 1. The zero-order chi connectivity index (χ0) is 20.6. The number of piperidine rings is 1. The molecule has 1 unspecified atom stereocenters. The molecule has 1 saturated heterocycles. The number of urea groups is 1. The summed E-state index contributed by atoms with van der Waals surface area (Å²) in [7, 11) is 2.20. The maximum absolute atomic E-state index is 11.2. The van der Waals surface area contributed by atoms with Crippen molar-refractivity contribution in [1.82, 2.24) is 5.43 Å². The summed E-state index contributed by atoms with van der Waals surface area (Å²) in [6.07, 6.45) is 4.35. The standard InChI is InChI=1S/C23H30N4O2/c1-27-19(15-21(25-26-23(24)29)17-9-4-2-5-10-17)13-8-14-20(27)16-22(28)18-11-6-3-7-12-18/h2-7,9-12,19-20,22,28H,8,13-16H2,1H3,(H3,24,26,29)/p+1/b25-21-/t19-,20-,22+/m1/s1. The number of nitrogens with zero attached hydrogens (tertiary/aromatic N) is 1. The van der Waals surface area contributed by atoms with Crippen LogP contribution in [0.4, 0.5) is 4.79 Å². The van der Waals surface area contributed by atoms with Crippen LogP contribution in [0.1, 0.15) is 49.3 Å². The van der Waals surface area contributed by atoms with Crippen molar-refractivity contribution in [3.63, 3.8) is 0 Å². The molecule has 2 aromatic carbocycles. The normalized spacial score (nSPS) is 23.4. The fourth-order valence-corrected chi connectivity index (χ4v) is 4.26. The first kappa shape index (κ1) is 21.0. The van der Waals surface area contributed by atoms with Crippen LogP contribution in [-0.4, -0.2) is 36.0 Å². The van der Waals surface area contributed by atoms with Crippen molar-refractivity contribution in [3.8, 4) is 0 Å². The molecule has 5 N–H and O–H groups in total. The Morgan fingerprint density at radius 1 is 1.14 bits per heavy atom. The van der Waals surface area contributed by atoms with Crippen molar-refractivity contribution in [2.45, 2.75) is 50.3 Å². The van der Waals surface area contributed by atoms with Gasteiger partial charge in [0.1, 0.15) is 0 Å². The van der Waals surface area contributed by atoms with E-state index < -0.39 is 12.1 Å². The number of quaternary nitrogens is 1. The van der Waals surface area contributed by atoms with Gasteiger partial charge in [-0.1, -0.05) is 60.7 Å². The van der Waals surface area contributed by atoms with Crippen molar-refractivity contribution >= 4 is 11.7 Å². The number of carbonyl (C=O) groups is 1. The molecule has 0 spiro atoms. The third-order valence-corrected chi connectivity index (χ3v) is 5.93. The van der Waals surface area contributed by atoms with Crippen LogP contribution in [-0.2, 0) is 0 Å². The first-order valence-corrected chi connectivity index (χ1v) is 10.3. The van der Waals surface area contributed by atoms with Crippen molar-refractivity contribution in [2.75, 3.05) is 7.05 Å². The smallest absolute Gasteiger partial charge is 0.332 e. The largest absolute Gasteiger partial charge is 0.388 e. The van der Waals surface area contributed by atoms with E-state index in [1.165, 1.54) is 4.90 Å². The van der Waals surface area contributed by atoms with Gasteiger partial charge in [-0.05, 0) is 30.4 Å². The Morgan fingerprint density at radius 2 is 1.76 bits per heavy atom. The molecule has 0 radical (unpaired) electrons. The van der Waals surface area contributed by atoms with E-state index in [1.54, 1.807) is 0 Å². The molecule has 0 aliphatic carbocycles. The summed E-state index contributed by atoms with van der Waals surface area (Å²) in [5.74, 6) is 0. The number of hydrogen-bond donors (Lipinski definition) is 4. The van der Waals surface area contributed by atoms with Crippen molar-refractivity contribution in [3.05, 3.63) is 71.8 Å². The molecule has 0 saturated carbocycles. The second kappa shape index (κ2) is 10.2. The summed E-state index contributed by atoms with van der Waals surface area (Å²) in [6, 6.07) is 19.8. The highest BCUT2D eigenvalue weighted by atomic mass is 16.3. The summed E-state index contributed by atoms with van der Waals surface area (Å²) < 4.78 is 0. The van der Waals surface area contributed by atoms with Gasteiger partial charge in [0, 0.05) is 12.8 Å². The van der Waals surface area contributed by atoms with E-state index in [4.69, 9.17) is 5.73 Å². The zero-order valence-electron chi connectivity index (χ0n) is 16.9. The number of benzene rings is 2. The van der Waals surface area contributed by atoms with Crippen LogP contribution in [0.3, 0.4) is 0 Å². The maximum Gasteiger partial charge on any atom is 0.332 e. The monoisotopic (exact) mass is 395 g/mol. The molecule has 2 amide bonds. The van der Waals surface area contributed by atoms with Crippen molar-refractivity contribution in [2.24, 2.45) is 10.8 Å². The molecule has 0 bridgehead atoms. The van der Waals surface area contributed by atoms with Crippen LogP contribution in [0, 0.1) is 0 Å². The molecule has 29 heavy (non-hydrogen) atoms. The predicted octanol–water partition coefficient (Wildman–Crippen LogP) is 2.01. The zero-order valence-corrected chi connectivity index (χ0v) is 16.9. The van der Waals surface area contributed by atoms with E-state index in [1.807, 2.05) is 60.7 Å². The fraction of sp³-hybridized carbons (Fsp3) is 0.391. The van der Waals surface area contributed by atoms with E-state index in [0.29, 0.717) is 12.1 Å². The third-order valence-electron chi connectivity index (χ3n) is 5.93. The minimum Gasteiger partial charge on any atom is -0.388 e. The minimum atomic E-state index is -0.661. The molecule has 6 heteroatoms. The Kier molecular flexibility index (Phi) is 7.38. The molecule has 6 nitrogen and oxygen atoms in total. The lowest BCUT2D eigenvalue weighted by atomic mass is 9.88. The summed E-state index contributed by atoms with van der Waals surface area (Å²) in [5, 5.41) is 15.0. The molecule has 0 aromatic heterocycles. The maximum atomic E-state index is 11.2. The first-order chi connectivity index (χ1) is 14.0. The molecule has 1 aliphatic rings. The van der Waals surface area contributed by atoms with Crippen LogP contribution < -0.4 is 16.1 Å². The van der Waals surface area contributed by atoms with Gasteiger partial charge in [0.15, 0.2) is 0 Å². The highest BCUT2D eigenvalue weighted by molar-refractivity contribution is 6.01. The Hall–Kier alpha value is -2.70. The van der Waals surface area contributed by atoms with Gasteiger partial charge in [0.25, 0.3) is 0 Å². The predicted molar refractivity (Wildman–Crippen MR) is 115 cm³/mol. The lowest BCUT2D eigenvalue weighted by Gasteiger charge is -2.37. The quantitative estimate of drug-likeness (QED) is 0.427. The van der Waals surface area contributed by atoms with Gasteiger partial charge in [-0.2, -0.15) is 5.10 Å². The number of likely N-dealkylation sites (tertiary alicyclic amines) is 1. The fourth-order valence-electron chi connectivity index (χ4n) is 4.26. The van der Waals surface area contributed by atoms with E-state index >= 15 is 0 Å². The summed E-state index contributed by atoms with van der Waals surface area (Å²) >= 11 is 0. The number of carbonyl (C=O) groups excluding carboxylic acids is 1. The van der Waals surface area contributed by atoms with Crippen molar-refractivity contribution < 1.29 is 14.8 Å². The SMILES string of the molecule is C[NH+]1[C@@H](C/C(=N/NC(N)=O)c2ccccc2)CCC[C@@H]1C[C@H](O)c1ccccc1. The molecule has 1 fully saturated rings. The number of hydrazone groups is 1. The average molecular weight is 396 g/mol. The highest BCUT2D eigenvalue weighted by Gasteiger charge is 2.34. The number of nitrogens with one attached hydrogen (secondary N) is 2. The number of nitrogens with two attached hydrogens (primary N) is 1.